The summed E-state index contributed by atoms with van der Waals surface area (Å²) < 4.78 is 5.58. The van der Waals surface area contributed by atoms with Gasteiger partial charge in [0.05, 0.1) is 25.2 Å². The SMILES string of the molecule is CSc1ccccc1NC(=O)CC1COCCN1Cc1cnc[nH]1. The Kier molecular flexibility index (Phi) is 5.90. The maximum atomic E-state index is 12.5. The molecule has 1 aromatic heterocycles. The van der Waals surface area contributed by atoms with Crippen molar-refractivity contribution in [1.82, 2.24) is 14.9 Å². The van der Waals surface area contributed by atoms with Gasteiger partial charge in [-0.2, -0.15) is 0 Å². The first-order valence-electron chi connectivity index (χ1n) is 7.98. The van der Waals surface area contributed by atoms with E-state index in [-0.39, 0.29) is 11.9 Å². The summed E-state index contributed by atoms with van der Waals surface area (Å²) in [5, 5.41) is 3.03. The number of hydrogen-bond acceptors (Lipinski definition) is 5. The molecule has 1 aromatic carbocycles. The van der Waals surface area contributed by atoms with Gasteiger partial charge in [-0.15, -0.1) is 11.8 Å². The van der Waals surface area contributed by atoms with Crippen LogP contribution in [0.15, 0.2) is 41.7 Å². The molecule has 6 nitrogen and oxygen atoms in total. The number of hydrogen-bond donors (Lipinski definition) is 2. The molecule has 1 fully saturated rings. The number of thioether (sulfide) groups is 1. The number of rotatable bonds is 6. The lowest BCUT2D eigenvalue weighted by atomic mass is 10.1. The summed E-state index contributed by atoms with van der Waals surface area (Å²) >= 11 is 1.63. The molecule has 2 aromatic rings. The number of carbonyl (C=O) groups is 1. The smallest absolute Gasteiger partial charge is 0.226 e. The summed E-state index contributed by atoms with van der Waals surface area (Å²) in [4.78, 5) is 23.0. The highest BCUT2D eigenvalue weighted by atomic mass is 32.2. The van der Waals surface area contributed by atoms with E-state index in [1.807, 2.05) is 36.7 Å². The minimum atomic E-state index is 0.0154. The molecule has 0 aliphatic carbocycles. The van der Waals surface area contributed by atoms with Gasteiger partial charge in [0.25, 0.3) is 0 Å². The van der Waals surface area contributed by atoms with Gasteiger partial charge >= 0.3 is 0 Å². The Labute approximate surface area is 146 Å². The largest absolute Gasteiger partial charge is 0.378 e. The van der Waals surface area contributed by atoms with Crippen molar-refractivity contribution in [2.24, 2.45) is 0 Å². The van der Waals surface area contributed by atoms with E-state index in [2.05, 4.69) is 20.2 Å². The van der Waals surface area contributed by atoms with Gasteiger partial charge in [0.1, 0.15) is 0 Å². The van der Waals surface area contributed by atoms with E-state index in [1.165, 1.54) is 0 Å². The second-order valence-corrected chi connectivity index (χ2v) is 6.58. The third-order valence-electron chi connectivity index (χ3n) is 4.08. The molecule has 1 aliphatic rings. The van der Waals surface area contributed by atoms with E-state index in [0.717, 1.165) is 29.4 Å². The van der Waals surface area contributed by atoms with Gasteiger partial charge in [0.2, 0.25) is 5.91 Å². The molecule has 2 N–H and O–H groups in total. The van der Waals surface area contributed by atoms with Gasteiger partial charge < -0.3 is 15.0 Å². The highest BCUT2D eigenvalue weighted by Gasteiger charge is 2.26. The van der Waals surface area contributed by atoms with Crippen molar-refractivity contribution >= 4 is 23.4 Å². The summed E-state index contributed by atoms with van der Waals surface area (Å²) in [5.74, 6) is 0.0154. The van der Waals surface area contributed by atoms with Crippen LogP contribution in [0.1, 0.15) is 12.1 Å². The van der Waals surface area contributed by atoms with Crippen LogP contribution in [0, 0.1) is 0 Å². The normalized spacial score (nSPS) is 18.5. The molecular formula is C17H22N4O2S. The standard InChI is InChI=1S/C17H22N4O2S/c1-24-16-5-3-2-4-15(16)20-17(22)8-14-11-23-7-6-21(14)10-13-9-18-12-19-13/h2-5,9,12,14H,6-8,10-11H2,1H3,(H,18,19)(H,20,22). The van der Waals surface area contributed by atoms with Crippen molar-refractivity contribution < 1.29 is 9.53 Å². The number of imidazole rings is 1. The topological polar surface area (TPSA) is 70.2 Å². The molecule has 0 bridgehead atoms. The summed E-state index contributed by atoms with van der Waals surface area (Å²) in [6, 6.07) is 7.92. The van der Waals surface area contributed by atoms with Crippen molar-refractivity contribution in [3.8, 4) is 0 Å². The second kappa shape index (κ2) is 8.32. The fourth-order valence-corrected chi connectivity index (χ4v) is 3.39. The summed E-state index contributed by atoms with van der Waals surface area (Å²) in [7, 11) is 0. The summed E-state index contributed by atoms with van der Waals surface area (Å²) in [5.41, 5.74) is 1.92. The van der Waals surface area contributed by atoms with Gasteiger partial charge in [-0.1, -0.05) is 12.1 Å². The number of carbonyl (C=O) groups excluding carboxylic acids is 1. The maximum Gasteiger partial charge on any atom is 0.226 e. The number of anilines is 1. The monoisotopic (exact) mass is 346 g/mol. The van der Waals surface area contributed by atoms with Crippen LogP contribution >= 0.6 is 11.8 Å². The molecule has 3 rings (SSSR count). The van der Waals surface area contributed by atoms with E-state index in [4.69, 9.17) is 4.74 Å². The first kappa shape index (κ1) is 17.0. The zero-order valence-corrected chi connectivity index (χ0v) is 14.5. The highest BCUT2D eigenvalue weighted by Crippen LogP contribution is 2.25. The van der Waals surface area contributed by atoms with Gasteiger partial charge in [0, 0.05) is 42.3 Å². The Morgan fingerprint density at radius 2 is 2.38 bits per heavy atom. The third-order valence-corrected chi connectivity index (χ3v) is 4.88. The quantitative estimate of drug-likeness (QED) is 0.786. The lowest BCUT2D eigenvalue weighted by molar-refractivity contribution is -0.119. The molecule has 0 spiro atoms. The van der Waals surface area contributed by atoms with Crippen LogP contribution in [0.25, 0.3) is 0 Å². The maximum absolute atomic E-state index is 12.5. The molecular weight excluding hydrogens is 324 g/mol. The van der Waals surface area contributed by atoms with Crippen molar-refractivity contribution in [3.63, 3.8) is 0 Å². The number of morpholine rings is 1. The number of benzene rings is 1. The Morgan fingerprint density at radius 3 is 3.17 bits per heavy atom. The Bertz CT molecular complexity index is 662. The third kappa shape index (κ3) is 4.37. The van der Waals surface area contributed by atoms with Crippen LogP contribution in [-0.2, 0) is 16.1 Å². The average molecular weight is 346 g/mol. The molecule has 1 aliphatic heterocycles. The van der Waals surface area contributed by atoms with Crippen molar-refractivity contribution in [1.29, 1.82) is 0 Å². The average Bonchev–Trinajstić information content (AvgIpc) is 3.10. The minimum Gasteiger partial charge on any atom is -0.378 e. The first-order valence-corrected chi connectivity index (χ1v) is 9.20. The molecule has 1 atom stereocenters. The molecule has 24 heavy (non-hydrogen) atoms. The zero-order chi connectivity index (χ0) is 16.8. The molecule has 7 heteroatoms. The van der Waals surface area contributed by atoms with Crippen LogP contribution < -0.4 is 5.32 Å². The molecule has 0 saturated carbocycles. The number of amides is 1. The Balaban J connectivity index is 1.61. The highest BCUT2D eigenvalue weighted by molar-refractivity contribution is 7.98. The molecule has 0 radical (unpaired) electrons. The van der Waals surface area contributed by atoms with Gasteiger partial charge in [-0.3, -0.25) is 9.69 Å². The second-order valence-electron chi connectivity index (χ2n) is 5.73. The summed E-state index contributed by atoms with van der Waals surface area (Å²) in [6.07, 6.45) is 5.92. The van der Waals surface area contributed by atoms with Crippen molar-refractivity contribution in [3.05, 3.63) is 42.5 Å². The van der Waals surface area contributed by atoms with Crippen LogP contribution in [0.5, 0.6) is 0 Å². The van der Waals surface area contributed by atoms with Gasteiger partial charge in [0.15, 0.2) is 0 Å². The van der Waals surface area contributed by atoms with Gasteiger partial charge in [-0.25, -0.2) is 4.98 Å². The lowest BCUT2D eigenvalue weighted by Gasteiger charge is -2.34. The molecule has 1 saturated heterocycles. The minimum absolute atomic E-state index is 0.0154. The fraction of sp³-hybridized carbons (Fsp3) is 0.412. The van der Waals surface area contributed by atoms with E-state index in [0.29, 0.717) is 19.6 Å². The number of ether oxygens (including phenoxy) is 1. The molecule has 1 amide bonds. The Morgan fingerprint density at radius 1 is 1.50 bits per heavy atom. The Hall–Kier alpha value is -1.83. The van der Waals surface area contributed by atoms with E-state index >= 15 is 0 Å². The predicted molar refractivity (Wildman–Crippen MR) is 95.1 cm³/mol. The van der Waals surface area contributed by atoms with Crippen LogP contribution in [0.4, 0.5) is 5.69 Å². The number of para-hydroxylation sites is 1. The van der Waals surface area contributed by atoms with Crippen LogP contribution in [0.3, 0.4) is 0 Å². The van der Waals surface area contributed by atoms with Crippen molar-refractivity contribution in [2.45, 2.75) is 23.9 Å². The first-order chi connectivity index (χ1) is 11.8. The molecule has 1 unspecified atom stereocenters. The molecule has 128 valence electrons. The van der Waals surface area contributed by atoms with E-state index in [1.54, 1.807) is 18.1 Å². The number of nitrogens with one attached hydrogen (secondary N) is 2. The van der Waals surface area contributed by atoms with E-state index < -0.39 is 0 Å². The van der Waals surface area contributed by atoms with Crippen LogP contribution in [-0.4, -0.2) is 52.8 Å². The number of aromatic nitrogens is 2. The number of nitrogens with zero attached hydrogens (tertiary/aromatic N) is 2. The van der Waals surface area contributed by atoms with Crippen LogP contribution in [0.2, 0.25) is 0 Å². The van der Waals surface area contributed by atoms with Crippen molar-refractivity contribution in [2.75, 3.05) is 31.3 Å². The molecule has 2 heterocycles. The fourth-order valence-electron chi connectivity index (χ4n) is 2.84. The lowest BCUT2D eigenvalue weighted by Crippen LogP contribution is -2.46. The predicted octanol–water partition coefficient (Wildman–Crippen LogP) is 2.36. The summed E-state index contributed by atoms with van der Waals surface area (Å²) in [6.45, 7) is 2.84. The number of H-pyrrole nitrogens is 1. The van der Waals surface area contributed by atoms with Gasteiger partial charge in [-0.05, 0) is 18.4 Å². The zero-order valence-electron chi connectivity index (χ0n) is 13.7. The number of aromatic amines is 1. The van der Waals surface area contributed by atoms with E-state index in [9.17, 15) is 4.79 Å².